The lowest BCUT2D eigenvalue weighted by atomic mass is 9.98. The summed E-state index contributed by atoms with van der Waals surface area (Å²) in [5.41, 5.74) is 3.10. The largest absolute Gasteiger partial charge is 0.492 e. The Bertz CT molecular complexity index is 967. The highest BCUT2D eigenvalue weighted by atomic mass is 32.2. The van der Waals surface area contributed by atoms with Gasteiger partial charge in [-0.1, -0.05) is 44.2 Å². The van der Waals surface area contributed by atoms with E-state index in [9.17, 15) is 8.42 Å². The minimum atomic E-state index is -3.76. The second-order valence-electron chi connectivity index (χ2n) is 7.28. The number of sulfonamides is 1. The molecule has 0 unspecified atom stereocenters. The van der Waals surface area contributed by atoms with Gasteiger partial charge in [0.1, 0.15) is 16.5 Å². The summed E-state index contributed by atoms with van der Waals surface area (Å²) in [5.74, 6) is 1.22. The van der Waals surface area contributed by atoms with Crippen molar-refractivity contribution in [3.8, 4) is 5.75 Å². The molecule has 0 radical (unpaired) electrons. The summed E-state index contributed by atoms with van der Waals surface area (Å²) in [7, 11) is -3.76. The molecule has 0 amide bonds. The van der Waals surface area contributed by atoms with E-state index in [0.29, 0.717) is 37.7 Å². The quantitative estimate of drug-likeness (QED) is 0.701. The van der Waals surface area contributed by atoms with Crippen LogP contribution in [-0.2, 0) is 16.4 Å². The SMILES string of the molecule is CCOc1cc(C)c(C(C)C)cc1S(=O)(=O)N1CCN=C1Cc1ccccc1. The van der Waals surface area contributed by atoms with Crippen LogP contribution in [0.15, 0.2) is 52.4 Å². The molecule has 0 bridgehead atoms. The Morgan fingerprint density at radius 2 is 1.89 bits per heavy atom. The number of aliphatic imine (C=N–C) groups is 1. The van der Waals surface area contributed by atoms with E-state index < -0.39 is 10.0 Å². The van der Waals surface area contributed by atoms with E-state index >= 15 is 0 Å². The fourth-order valence-electron chi connectivity index (χ4n) is 3.55. The highest BCUT2D eigenvalue weighted by Crippen LogP contribution is 2.34. The number of benzene rings is 2. The lowest BCUT2D eigenvalue weighted by Gasteiger charge is -2.23. The average molecular weight is 401 g/mol. The lowest BCUT2D eigenvalue weighted by molar-refractivity contribution is 0.330. The van der Waals surface area contributed by atoms with Gasteiger partial charge < -0.3 is 4.74 Å². The second kappa shape index (κ2) is 8.35. The maximum atomic E-state index is 13.6. The molecule has 28 heavy (non-hydrogen) atoms. The molecule has 0 spiro atoms. The van der Waals surface area contributed by atoms with Crippen molar-refractivity contribution >= 4 is 15.9 Å². The third-order valence-electron chi connectivity index (χ3n) is 4.91. The van der Waals surface area contributed by atoms with Crippen LogP contribution in [0.1, 0.15) is 43.4 Å². The second-order valence-corrected chi connectivity index (χ2v) is 9.11. The maximum Gasteiger partial charge on any atom is 0.269 e. The number of nitrogens with zero attached hydrogens (tertiary/aromatic N) is 2. The van der Waals surface area contributed by atoms with E-state index in [2.05, 4.69) is 18.8 Å². The van der Waals surface area contributed by atoms with E-state index in [1.807, 2.05) is 50.2 Å². The van der Waals surface area contributed by atoms with Crippen LogP contribution >= 0.6 is 0 Å². The van der Waals surface area contributed by atoms with Crippen LogP contribution in [0.3, 0.4) is 0 Å². The molecule has 2 aromatic carbocycles. The van der Waals surface area contributed by atoms with Crippen LogP contribution in [0.4, 0.5) is 0 Å². The Morgan fingerprint density at radius 1 is 1.18 bits per heavy atom. The minimum Gasteiger partial charge on any atom is -0.492 e. The van der Waals surface area contributed by atoms with Crippen LogP contribution < -0.4 is 4.74 Å². The van der Waals surface area contributed by atoms with Gasteiger partial charge in [-0.15, -0.1) is 0 Å². The minimum absolute atomic E-state index is 0.223. The Kier molecular flexibility index (Phi) is 6.08. The van der Waals surface area contributed by atoms with Crippen molar-refractivity contribution < 1.29 is 13.2 Å². The van der Waals surface area contributed by atoms with Crippen molar-refractivity contribution in [2.24, 2.45) is 4.99 Å². The normalized spacial score (nSPS) is 14.5. The van der Waals surface area contributed by atoms with Crippen LogP contribution in [-0.4, -0.2) is 38.3 Å². The number of hydrogen-bond acceptors (Lipinski definition) is 4. The molecule has 0 saturated carbocycles. The monoisotopic (exact) mass is 400 g/mol. The molecule has 0 atom stereocenters. The van der Waals surface area contributed by atoms with Gasteiger partial charge in [-0.3, -0.25) is 9.30 Å². The van der Waals surface area contributed by atoms with Crippen LogP contribution in [0.25, 0.3) is 0 Å². The topological polar surface area (TPSA) is 59.0 Å². The lowest BCUT2D eigenvalue weighted by Crippen LogP contribution is -2.35. The van der Waals surface area contributed by atoms with E-state index in [1.165, 1.54) is 4.31 Å². The van der Waals surface area contributed by atoms with Gasteiger partial charge in [0.25, 0.3) is 10.0 Å². The van der Waals surface area contributed by atoms with Crippen LogP contribution in [0.5, 0.6) is 5.75 Å². The molecule has 0 saturated heterocycles. The van der Waals surface area contributed by atoms with Gasteiger partial charge >= 0.3 is 0 Å². The van der Waals surface area contributed by atoms with Gasteiger partial charge in [0.2, 0.25) is 0 Å². The molecule has 2 aromatic rings. The fraction of sp³-hybridized carbons (Fsp3) is 0.409. The van der Waals surface area contributed by atoms with Crippen LogP contribution in [0, 0.1) is 6.92 Å². The molecule has 1 aliphatic rings. The molecule has 6 heteroatoms. The van der Waals surface area contributed by atoms with Gasteiger partial charge in [-0.25, -0.2) is 8.42 Å². The summed E-state index contributed by atoms with van der Waals surface area (Å²) in [4.78, 5) is 4.71. The van der Waals surface area contributed by atoms with Gasteiger partial charge in [0.15, 0.2) is 0 Å². The van der Waals surface area contributed by atoms with Gasteiger partial charge in [0, 0.05) is 6.42 Å². The number of aryl methyl sites for hydroxylation is 1. The van der Waals surface area contributed by atoms with Gasteiger partial charge in [-0.05, 0) is 48.6 Å². The molecule has 0 N–H and O–H groups in total. The summed E-state index contributed by atoms with van der Waals surface area (Å²) >= 11 is 0. The first-order chi connectivity index (χ1) is 13.3. The predicted molar refractivity (Wildman–Crippen MR) is 113 cm³/mol. The Morgan fingerprint density at radius 3 is 2.54 bits per heavy atom. The van der Waals surface area contributed by atoms with Crippen molar-refractivity contribution in [3.63, 3.8) is 0 Å². The van der Waals surface area contributed by atoms with E-state index in [1.54, 1.807) is 6.07 Å². The number of rotatable bonds is 7. The zero-order chi connectivity index (χ0) is 20.3. The summed E-state index contributed by atoms with van der Waals surface area (Å²) in [5, 5.41) is 0. The van der Waals surface area contributed by atoms with Gasteiger partial charge in [-0.2, -0.15) is 0 Å². The van der Waals surface area contributed by atoms with Crippen molar-refractivity contribution in [2.75, 3.05) is 19.7 Å². The Hall–Kier alpha value is -2.34. The number of hydrogen-bond donors (Lipinski definition) is 0. The smallest absolute Gasteiger partial charge is 0.269 e. The molecule has 0 fully saturated rings. The zero-order valence-corrected chi connectivity index (χ0v) is 17.8. The molecule has 0 aromatic heterocycles. The van der Waals surface area contributed by atoms with Gasteiger partial charge in [0.05, 0.1) is 19.7 Å². The first-order valence-electron chi connectivity index (χ1n) is 9.72. The molecule has 1 heterocycles. The van der Waals surface area contributed by atoms with Crippen molar-refractivity contribution in [2.45, 2.75) is 44.9 Å². The molecule has 5 nitrogen and oxygen atoms in total. The van der Waals surface area contributed by atoms with Crippen molar-refractivity contribution in [3.05, 3.63) is 59.2 Å². The molecule has 0 aliphatic carbocycles. The maximum absolute atomic E-state index is 13.6. The first kappa shape index (κ1) is 20.4. The summed E-state index contributed by atoms with van der Waals surface area (Å²) in [6, 6.07) is 13.4. The number of ether oxygens (including phenoxy) is 1. The summed E-state index contributed by atoms with van der Waals surface area (Å²) in [6.07, 6.45) is 0.493. The third kappa shape index (κ3) is 4.07. The highest BCUT2D eigenvalue weighted by molar-refractivity contribution is 7.89. The zero-order valence-electron chi connectivity index (χ0n) is 17.0. The fourth-order valence-corrected chi connectivity index (χ4v) is 5.15. The third-order valence-corrected chi connectivity index (χ3v) is 6.76. The Labute approximate surface area is 168 Å². The van der Waals surface area contributed by atoms with E-state index in [4.69, 9.17) is 4.74 Å². The molecular weight excluding hydrogens is 372 g/mol. The van der Waals surface area contributed by atoms with E-state index in [-0.39, 0.29) is 10.8 Å². The highest BCUT2D eigenvalue weighted by Gasteiger charge is 2.33. The molecular formula is C22H28N2O3S. The standard InChI is InChI=1S/C22H28N2O3S/c1-5-27-20-13-17(4)19(16(2)3)15-21(20)28(25,26)24-12-11-23-22(24)14-18-9-7-6-8-10-18/h6-10,13,15-16H,5,11-12,14H2,1-4H3. The molecule has 3 rings (SSSR count). The Balaban J connectivity index is 2.02. The number of amidine groups is 1. The first-order valence-corrected chi connectivity index (χ1v) is 11.2. The summed E-state index contributed by atoms with van der Waals surface area (Å²) < 4.78 is 34.3. The predicted octanol–water partition coefficient (Wildman–Crippen LogP) is 4.16. The van der Waals surface area contributed by atoms with E-state index in [0.717, 1.165) is 16.7 Å². The molecule has 150 valence electrons. The van der Waals surface area contributed by atoms with Crippen molar-refractivity contribution in [1.82, 2.24) is 4.31 Å². The summed E-state index contributed by atoms with van der Waals surface area (Å²) in [6.45, 7) is 9.24. The average Bonchev–Trinajstić information content (AvgIpc) is 3.11. The van der Waals surface area contributed by atoms with Crippen molar-refractivity contribution in [1.29, 1.82) is 0 Å². The molecule has 1 aliphatic heterocycles. The van der Waals surface area contributed by atoms with Crippen LogP contribution in [0.2, 0.25) is 0 Å².